The molecule has 0 fully saturated rings. The van der Waals surface area contributed by atoms with Crippen molar-refractivity contribution in [2.24, 2.45) is 0 Å². The van der Waals surface area contributed by atoms with Crippen LogP contribution in [-0.2, 0) is 6.54 Å². The largest absolute Gasteiger partial charge is 0.435 e. The highest BCUT2D eigenvalue weighted by atomic mass is 19.3. The minimum Gasteiger partial charge on any atom is -0.435 e. The van der Waals surface area contributed by atoms with E-state index in [2.05, 4.69) is 15.0 Å². The topological polar surface area (TPSA) is 34.1 Å². The number of nitrogens with one attached hydrogen (secondary N) is 1. The van der Waals surface area contributed by atoms with Crippen LogP contribution in [0.2, 0.25) is 0 Å². The quantitative estimate of drug-likeness (QED) is 0.877. The van der Waals surface area contributed by atoms with Crippen LogP contribution in [0.1, 0.15) is 24.1 Å². The summed E-state index contributed by atoms with van der Waals surface area (Å²) in [4.78, 5) is 4.07. The van der Waals surface area contributed by atoms with Crippen molar-refractivity contribution in [3.05, 3.63) is 59.9 Å². The van der Waals surface area contributed by atoms with Gasteiger partial charge in [0.2, 0.25) is 0 Å². The maximum absolute atomic E-state index is 12.0. The van der Waals surface area contributed by atoms with Gasteiger partial charge in [-0.05, 0) is 36.2 Å². The maximum atomic E-state index is 12.0. The van der Waals surface area contributed by atoms with E-state index in [1.54, 1.807) is 18.3 Å². The van der Waals surface area contributed by atoms with Crippen LogP contribution in [0, 0.1) is 0 Å². The van der Waals surface area contributed by atoms with Crippen molar-refractivity contribution >= 4 is 0 Å². The second-order valence-electron chi connectivity index (χ2n) is 4.41. The Labute approximate surface area is 116 Å². The Bertz CT molecular complexity index is 517. The van der Waals surface area contributed by atoms with Gasteiger partial charge in [0.1, 0.15) is 5.75 Å². The second kappa shape index (κ2) is 6.96. The van der Waals surface area contributed by atoms with E-state index in [4.69, 9.17) is 0 Å². The van der Waals surface area contributed by atoms with Crippen molar-refractivity contribution in [3.8, 4) is 5.75 Å². The molecule has 1 N–H and O–H groups in total. The standard InChI is InChI=1S/C15H16F2N2O/c1-11(13-3-2-8-18-10-13)19-9-12-4-6-14(7-5-12)20-15(16)17/h2-8,10-11,15,19H,9H2,1H3. The van der Waals surface area contributed by atoms with E-state index in [-0.39, 0.29) is 11.8 Å². The summed E-state index contributed by atoms with van der Waals surface area (Å²) in [6, 6.07) is 10.7. The van der Waals surface area contributed by atoms with Gasteiger partial charge in [-0.25, -0.2) is 0 Å². The van der Waals surface area contributed by atoms with Crippen LogP contribution in [0.25, 0.3) is 0 Å². The number of halogens is 2. The number of alkyl halides is 2. The summed E-state index contributed by atoms with van der Waals surface area (Å²) in [5.74, 6) is 0.170. The molecule has 1 heterocycles. The molecule has 3 nitrogen and oxygen atoms in total. The van der Waals surface area contributed by atoms with Gasteiger partial charge in [-0.1, -0.05) is 18.2 Å². The molecule has 0 aliphatic rings. The Morgan fingerprint density at radius 1 is 1.20 bits per heavy atom. The molecule has 2 aromatic rings. The molecule has 0 amide bonds. The first kappa shape index (κ1) is 14.4. The van der Waals surface area contributed by atoms with E-state index in [1.807, 2.05) is 25.3 Å². The first-order chi connectivity index (χ1) is 9.65. The number of pyridine rings is 1. The molecule has 1 atom stereocenters. The normalized spacial score (nSPS) is 12.4. The van der Waals surface area contributed by atoms with Crippen molar-refractivity contribution in [1.82, 2.24) is 10.3 Å². The van der Waals surface area contributed by atoms with Crippen molar-refractivity contribution < 1.29 is 13.5 Å². The molecular weight excluding hydrogens is 262 g/mol. The molecule has 0 spiro atoms. The molecule has 0 aliphatic carbocycles. The van der Waals surface area contributed by atoms with Crippen LogP contribution in [0.5, 0.6) is 5.75 Å². The lowest BCUT2D eigenvalue weighted by atomic mass is 10.1. The molecule has 0 saturated heterocycles. The van der Waals surface area contributed by atoms with Crippen LogP contribution >= 0.6 is 0 Å². The van der Waals surface area contributed by atoms with Crippen LogP contribution in [0.15, 0.2) is 48.8 Å². The number of ether oxygens (including phenoxy) is 1. The lowest BCUT2D eigenvalue weighted by Crippen LogP contribution is -2.18. The molecule has 106 valence electrons. The molecular formula is C15H16F2N2O. The molecule has 5 heteroatoms. The van der Waals surface area contributed by atoms with E-state index >= 15 is 0 Å². The zero-order chi connectivity index (χ0) is 14.4. The predicted octanol–water partition coefficient (Wildman–Crippen LogP) is 3.53. The van der Waals surface area contributed by atoms with Gasteiger partial charge < -0.3 is 10.1 Å². The average molecular weight is 278 g/mol. The second-order valence-corrected chi connectivity index (χ2v) is 4.41. The van der Waals surface area contributed by atoms with E-state index in [0.717, 1.165) is 11.1 Å². The number of rotatable bonds is 6. The number of nitrogens with zero attached hydrogens (tertiary/aromatic N) is 1. The molecule has 1 unspecified atom stereocenters. The van der Waals surface area contributed by atoms with E-state index in [9.17, 15) is 8.78 Å². The summed E-state index contributed by atoms with van der Waals surface area (Å²) in [7, 11) is 0. The zero-order valence-electron chi connectivity index (χ0n) is 11.1. The van der Waals surface area contributed by atoms with E-state index in [1.165, 1.54) is 12.1 Å². The summed E-state index contributed by atoms with van der Waals surface area (Å²) in [5.41, 5.74) is 2.10. The van der Waals surface area contributed by atoms with Crippen LogP contribution in [0.4, 0.5) is 8.78 Å². The van der Waals surface area contributed by atoms with Gasteiger partial charge in [0.25, 0.3) is 0 Å². The average Bonchev–Trinajstić information content (AvgIpc) is 2.46. The lowest BCUT2D eigenvalue weighted by molar-refractivity contribution is -0.0498. The fourth-order valence-electron chi connectivity index (χ4n) is 1.81. The number of hydrogen-bond acceptors (Lipinski definition) is 3. The SMILES string of the molecule is CC(NCc1ccc(OC(F)F)cc1)c1cccnc1. The fraction of sp³-hybridized carbons (Fsp3) is 0.267. The third-order valence-electron chi connectivity index (χ3n) is 2.95. The zero-order valence-corrected chi connectivity index (χ0v) is 11.1. The molecule has 1 aromatic heterocycles. The fourth-order valence-corrected chi connectivity index (χ4v) is 1.81. The Morgan fingerprint density at radius 3 is 2.55 bits per heavy atom. The smallest absolute Gasteiger partial charge is 0.387 e. The summed E-state index contributed by atoms with van der Waals surface area (Å²) < 4.78 is 28.3. The minimum absolute atomic E-state index is 0.167. The molecule has 0 aliphatic heterocycles. The van der Waals surface area contributed by atoms with Gasteiger partial charge in [-0.3, -0.25) is 4.98 Å². The molecule has 2 rings (SSSR count). The number of aromatic nitrogens is 1. The van der Waals surface area contributed by atoms with Crippen LogP contribution < -0.4 is 10.1 Å². The van der Waals surface area contributed by atoms with Crippen molar-refractivity contribution in [2.75, 3.05) is 0 Å². The molecule has 0 radical (unpaired) electrons. The number of hydrogen-bond donors (Lipinski definition) is 1. The highest BCUT2D eigenvalue weighted by Gasteiger charge is 2.06. The highest BCUT2D eigenvalue weighted by Crippen LogP contribution is 2.16. The van der Waals surface area contributed by atoms with Crippen molar-refractivity contribution in [3.63, 3.8) is 0 Å². The number of benzene rings is 1. The van der Waals surface area contributed by atoms with Crippen molar-refractivity contribution in [1.29, 1.82) is 0 Å². The summed E-state index contributed by atoms with van der Waals surface area (Å²) in [5, 5.41) is 3.35. The van der Waals surface area contributed by atoms with Gasteiger partial charge in [-0.2, -0.15) is 8.78 Å². The minimum atomic E-state index is -2.79. The van der Waals surface area contributed by atoms with Gasteiger partial charge in [0.15, 0.2) is 0 Å². The Balaban J connectivity index is 1.88. The van der Waals surface area contributed by atoms with Gasteiger partial charge in [-0.15, -0.1) is 0 Å². The van der Waals surface area contributed by atoms with Crippen molar-refractivity contribution in [2.45, 2.75) is 26.1 Å². The summed E-state index contributed by atoms with van der Waals surface area (Å²) >= 11 is 0. The molecule has 0 bridgehead atoms. The first-order valence-electron chi connectivity index (χ1n) is 6.32. The van der Waals surface area contributed by atoms with E-state index < -0.39 is 6.61 Å². The van der Waals surface area contributed by atoms with Gasteiger partial charge >= 0.3 is 6.61 Å². The van der Waals surface area contributed by atoms with Crippen LogP contribution in [-0.4, -0.2) is 11.6 Å². The lowest BCUT2D eigenvalue weighted by Gasteiger charge is -2.14. The van der Waals surface area contributed by atoms with Gasteiger partial charge in [0, 0.05) is 25.0 Å². The monoisotopic (exact) mass is 278 g/mol. The highest BCUT2D eigenvalue weighted by molar-refractivity contribution is 5.27. The van der Waals surface area contributed by atoms with Crippen LogP contribution in [0.3, 0.4) is 0 Å². The third-order valence-corrected chi connectivity index (χ3v) is 2.95. The van der Waals surface area contributed by atoms with Gasteiger partial charge in [0.05, 0.1) is 0 Å². The Kier molecular flexibility index (Phi) is 5.01. The molecule has 20 heavy (non-hydrogen) atoms. The maximum Gasteiger partial charge on any atom is 0.387 e. The summed E-state index contributed by atoms with van der Waals surface area (Å²) in [6.07, 6.45) is 3.55. The summed E-state index contributed by atoms with van der Waals surface area (Å²) in [6.45, 7) is -0.0966. The third kappa shape index (κ3) is 4.28. The molecule has 1 aromatic carbocycles. The Hall–Kier alpha value is -2.01. The predicted molar refractivity (Wildman–Crippen MR) is 72.6 cm³/mol. The molecule has 0 saturated carbocycles. The Morgan fingerprint density at radius 2 is 1.95 bits per heavy atom. The first-order valence-corrected chi connectivity index (χ1v) is 6.32. The van der Waals surface area contributed by atoms with E-state index in [0.29, 0.717) is 6.54 Å².